The number of fused-ring (bicyclic) bond motifs is 1. The fourth-order valence-corrected chi connectivity index (χ4v) is 2.24. The van der Waals surface area contributed by atoms with Crippen LogP contribution in [0.5, 0.6) is 11.6 Å². The van der Waals surface area contributed by atoms with E-state index in [9.17, 15) is 0 Å². The molecule has 0 unspecified atom stereocenters. The van der Waals surface area contributed by atoms with E-state index in [0.29, 0.717) is 11.5 Å². The van der Waals surface area contributed by atoms with Crippen molar-refractivity contribution in [3.05, 3.63) is 66.9 Å². The van der Waals surface area contributed by atoms with Gasteiger partial charge in [0.15, 0.2) is 0 Å². The van der Waals surface area contributed by atoms with Gasteiger partial charge in [-0.1, -0.05) is 76.2 Å². The number of rotatable bonds is 3. The van der Waals surface area contributed by atoms with Gasteiger partial charge in [-0.25, -0.2) is 4.98 Å². The van der Waals surface area contributed by atoms with E-state index < -0.39 is 0 Å². The van der Waals surface area contributed by atoms with Crippen molar-refractivity contribution in [1.82, 2.24) is 20.2 Å². The van der Waals surface area contributed by atoms with E-state index >= 15 is 0 Å². The second-order valence-electron chi connectivity index (χ2n) is 4.76. The Kier molecular flexibility index (Phi) is 7.31. The predicted octanol–water partition coefficient (Wildman–Crippen LogP) is 5.86. The molecule has 0 fully saturated rings. The summed E-state index contributed by atoms with van der Waals surface area (Å²) in [5.41, 5.74) is 3.14. The number of ether oxygens (including phenoxy) is 1. The van der Waals surface area contributed by atoms with Crippen LogP contribution < -0.4 is 4.74 Å². The number of H-pyrrole nitrogens is 1. The molecule has 0 saturated carbocycles. The van der Waals surface area contributed by atoms with Crippen LogP contribution in [0.25, 0.3) is 22.4 Å². The van der Waals surface area contributed by atoms with Crippen LogP contribution in [0.15, 0.2) is 66.9 Å². The Morgan fingerprint density at radius 2 is 1.42 bits per heavy atom. The van der Waals surface area contributed by atoms with Crippen molar-refractivity contribution in [3.63, 3.8) is 0 Å². The fraction of sp³-hybridized carbons (Fsp3) is 0.190. The van der Waals surface area contributed by atoms with Gasteiger partial charge in [0, 0.05) is 5.56 Å². The minimum absolute atomic E-state index is 0.421. The van der Waals surface area contributed by atoms with Gasteiger partial charge in [0.1, 0.15) is 11.3 Å². The molecule has 0 spiro atoms. The number of aromatic amines is 1. The number of para-hydroxylation sites is 1. The van der Waals surface area contributed by atoms with Gasteiger partial charge in [-0.2, -0.15) is 10.1 Å². The van der Waals surface area contributed by atoms with Gasteiger partial charge in [-0.05, 0) is 12.1 Å². The minimum Gasteiger partial charge on any atom is -0.437 e. The zero-order chi connectivity index (χ0) is 18.8. The Hall–Kier alpha value is -3.21. The molecule has 134 valence electrons. The van der Waals surface area contributed by atoms with E-state index in [-0.39, 0.29) is 0 Å². The van der Waals surface area contributed by atoms with Crippen LogP contribution in [-0.4, -0.2) is 20.2 Å². The van der Waals surface area contributed by atoms with Crippen LogP contribution in [0, 0.1) is 0 Å². The maximum atomic E-state index is 5.67. The zero-order valence-electron chi connectivity index (χ0n) is 15.6. The van der Waals surface area contributed by atoms with Gasteiger partial charge in [0.05, 0.1) is 11.9 Å². The van der Waals surface area contributed by atoms with Gasteiger partial charge in [-0.3, -0.25) is 5.10 Å². The van der Waals surface area contributed by atoms with Crippen molar-refractivity contribution in [2.24, 2.45) is 0 Å². The van der Waals surface area contributed by atoms with E-state index in [1.807, 2.05) is 88.4 Å². The normalized spacial score (nSPS) is 9.54. The van der Waals surface area contributed by atoms with Gasteiger partial charge in [0.2, 0.25) is 11.5 Å². The molecule has 0 aliphatic heterocycles. The van der Waals surface area contributed by atoms with Gasteiger partial charge < -0.3 is 4.74 Å². The Labute approximate surface area is 154 Å². The molecule has 26 heavy (non-hydrogen) atoms. The summed E-state index contributed by atoms with van der Waals surface area (Å²) in [6.07, 6.45) is 1.61. The number of hydrogen-bond acceptors (Lipinski definition) is 4. The lowest BCUT2D eigenvalue weighted by molar-refractivity contribution is 0.462. The lowest BCUT2D eigenvalue weighted by Gasteiger charge is -2.03. The molecule has 1 N–H and O–H groups in total. The summed E-state index contributed by atoms with van der Waals surface area (Å²) < 4.78 is 5.67. The van der Waals surface area contributed by atoms with Gasteiger partial charge >= 0.3 is 0 Å². The molecule has 5 heteroatoms. The third kappa shape index (κ3) is 4.45. The Balaban J connectivity index is 0.000000570. The molecule has 0 radical (unpaired) electrons. The highest BCUT2D eigenvalue weighted by Crippen LogP contribution is 2.25. The first-order valence-corrected chi connectivity index (χ1v) is 8.89. The van der Waals surface area contributed by atoms with Crippen molar-refractivity contribution in [3.8, 4) is 22.9 Å². The quantitative estimate of drug-likeness (QED) is 0.503. The van der Waals surface area contributed by atoms with E-state index in [0.717, 1.165) is 22.5 Å². The van der Waals surface area contributed by atoms with Gasteiger partial charge in [-0.15, -0.1) is 0 Å². The number of hydrogen-bond donors (Lipinski definition) is 1. The van der Waals surface area contributed by atoms with E-state index in [4.69, 9.17) is 4.74 Å². The molecule has 2 aromatic carbocycles. The topological polar surface area (TPSA) is 63.7 Å². The van der Waals surface area contributed by atoms with Crippen LogP contribution in [0.1, 0.15) is 27.7 Å². The smallest absolute Gasteiger partial charge is 0.239 e. The molecule has 2 aromatic heterocycles. The van der Waals surface area contributed by atoms with E-state index in [1.54, 1.807) is 6.20 Å². The maximum Gasteiger partial charge on any atom is 0.239 e. The third-order valence-corrected chi connectivity index (χ3v) is 3.27. The molecule has 0 amide bonds. The summed E-state index contributed by atoms with van der Waals surface area (Å²) in [5.74, 6) is 1.14. The fourth-order valence-electron chi connectivity index (χ4n) is 2.24. The summed E-state index contributed by atoms with van der Waals surface area (Å²) in [6.45, 7) is 8.00. The summed E-state index contributed by atoms with van der Waals surface area (Å²) in [7, 11) is 0. The molecular formula is C21H24N4O. The molecule has 0 aliphatic rings. The average molecular weight is 348 g/mol. The first-order valence-electron chi connectivity index (χ1n) is 8.89. The average Bonchev–Trinajstić information content (AvgIpc) is 3.16. The van der Waals surface area contributed by atoms with Crippen LogP contribution in [-0.2, 0) is 0 Å². The molecule has 0 bridgehead atoms. The van der Waals surface area contributed by atoms with Crippen LogP contribution in [0.2, 0.25) is 0 Å². The highest BCUT2D eigenvalue weighted by atomic mass is 16.5. The Bertz CT molecular complexity index is 905. The lowest BCUT2D eigenvalue weighted by atomic mass is 10.1. The highest BCUT2D eigenvalue weighted by Gasteiger charge is 2.11. The molecule has 5 nitrogen and oxygen atoms in total. The lowest BCUT2D eigenvalue weighted by Crippen LogP contribution is -1.90. The number of nitrogens with one attached hydrogen (secondary N) is 1. The second kappa shape index (κ2) is 9.93. The van der Waals surface area contributed by atoms with Crippen LogP contribution in [0.4, 0.5) is 0 Å². The summed E-state index contributed by atoms with van der Waals surface area (Å²) >= 11 is 0. The van der Waals surface area contributed by atoms with Crippen molar-refractivity contribution >= 4 is 11.2 Å². The SMILES string of the molecule is CC.CC.c1ccc(Oc2cnc3c(-c4ccccc4)[nH]nc3n2)cc1. The van der Waals surface area contributed by atoms with Crippen molar-refractivity contribution < 1.29 is 4.74 Å². The Morgan fingerprint density at radius 1 is 0.808 bits per heavy atom. The molecular weight excluding hydrogens is 324 g/mol. The third-order valence-electron chi connectivity index (χ3n) is 3.27. The predicted molar refractivity (Wildman–Crippen MR) is 106 cm³/mol. The molecule has 0 saturated heterocycles. The first-order chi connectivity index (χ1) is 12.9. The molecule has 0 aliphatic carbocycles. The number of aromatic nitrogens is 4. The second-order valence-corrected chi connectivity index (χ2v) is 4.76. The standard InChI is InChI=1S/C17H12N4O.2C2H6/c1-3-7-12(8-4-1)15-16-17(21-20-15)19-14(11-18-16)22-13-9-5-2-6-10-13;2*1-2/h1-11H,(H,19,20,21);2*1-2H3. The van der Waals surface area contributed by atoms with E-state index in [1.165, 1.54) is 0 Å². The Morgan fingerprint density at radius 3 is 2.08 bits per heavy atom. The summed E-state index contributed by atoms with van der Waals surface area (Å²) in [4.78, 5) is 8.82. The summed E-state index contributed by atoms with van der Waals surface area (Å²) in [5, 5.41) is 7.21. The van der Waals surface area contributed by atoms with Crippen molar-refractivity contribution in [2.45, 2.75) is 27.7 Å². The van der Waals surface area contributed by atoms with E-state index in [2.05, 4.69) is 20.2 Å². The highest BCUT2D eigenvalue weighted by molar-refractivity contribution is 5.87. The van der Waals surface area contributed by atoms with Gasteiger partial charge in [0.25, 0.3) is 0 Å². The largest absolute Gasteiger partial charge is 0.437 e. The first kappa shape index (κ1) is 19.1. The van der Waals surface area contributed by atoms with Crippen molar-refractivity contribution in [1.29, 1.82) is 0 Å². The molecule has 0 atom stereocenters. The van der Waals surface area contributed by atoms with Crippen LogP contribution >= 0.6 is 0 Å². The van der Waals surface area contributed by atoms with Crippen LogP contribution in [0.3, 0.4) is 0 Å². The zero-order valence-corrected chi connectivity index (χ0v) is 15.6. The molecule has 4 aromatic rings. The summed E-state index contributed by atoms with van der Waals surface area (Å²) in [6, 6.07) is 19.4. The minimum atomic E-state index is 0.421. The number of benzene rings is 2. The molecule has 2 heterocycles. The molecule has 4 rings (SSSR count). The van der Waals surface area contributed by atoms with Crippen molar-refractivity contribution in [2.75, 3.05) is 0 Å². The number of nitrogens with zero attached hydrogens (tertiary/aromatic N) is 3. The maximum absolute atomic E-state index is 5.67. The monoisotopic (exact) mass is 348 g/mol.